The third kappa shape index (κ3) is 4.19. The minimum absolute atomic E-state index is 0.0155. The SMILES string of the molecule is O=C(O)c1cc(Cl)ccc1NS(=O)(=O)c1ccc(C2CCCCC2)cc1. The Morgan fingerprint density at radius 3 is 2.31 bits per heavy atom. The lowest BCUT2D eigenvalue weighted by atomic mass is 9.84. The Labute approximate surface area is 158 Å². The molecule has 0 aliphatic heterocycles. The Kier molecular flexibility index (Phi) is 5.53. The number of nitrogens with one attached hydrogen (secondary N) is 1. The van der Waals surface area contributed by atoms with Crippen molar-refractivity contribution in [3.8, 4) is 0 Å². The summed E-state index contributed by atoms with van der Waals surface area (Å²) in [7, 11) is -3.89. The Bertz CT molecular complexity index is 904. The maximum Gasteiger partial charge on any atom is 0.337 e. The summed E-state index contributed by atoms with van der Waals surface area (Å²) >= 11 is 5.80. The van der Waals surface area contributed by atoms with Crippen molar-refractivity contribution in [2.24, 2.45) is 0 Å². The molecule has 0 amide bonds. The molecule has 0 radical (unpaired) electrons. The Hall–Kier alpha value is -2.05. The van der Waals surface area contributed by atoms with E-state index in [1.165, 1.54) is 37.5 Å². The van der Waals surface area contributed by atoms with E-state index in [9.17, 15) is 18.3 Å². The second-order valence-electron chi connectivity index (χ2n) is 6.50. The summed E-state index contributed by atoms with van der Waals surface area (Å²) in [4.78, 5) is 11.4. The molecule has 0 heterocycles. The lowest BCUT2D eigenvalue weighted by Crippen LogP contribution is -2.16. The van der Waals surface area contributed by atoms with Gasteiger partial charge < -0.3 is 5.11 Å². The minimum atomic E-state index is -3.89. The molecule has 1 fully saturated rings. The average Bonchev–Trinajstić information content (AvgIpc) is 2.64. The molecule has 5 nitrogen and oxygen atoms in total. The summed E-state index contributed by atoms with van der Waals surface area (Å²) in [6.07, 6.45) is 5.95. The van der Waals surface area contributed by atoms with Gasteiger partial charge in [0.1, 0.15) is 0 Å². The number of carboxylic acids is 1. The summed E-state index contributed by atoms with van der Waals surface area (Å²) < 4.78 is 27.6. The Balaban J connectivity index is 1.83. The van der Waals surface area contributed by atoms with Crippen LogP contribution in [0.2, 0.25) is 5.02 Å². The fourth-order valence-corrected chi connectivity index (χ4v) is 4.59. The highest BCUT2D eigenvalue weighted by molar-refractivity contribution is 7.92. The summed E-state index contributed by atoms with van der Waals surface area (Å²) in [6.45, 7) is 0. The first-order chi connectivity index (χ1) is 12.4. The van der Waals surface area contributed by atoms with Gasteiger partial charge in [0.15, 0.2) is 0 Å². The van der Waals surface area contributed by atoms with E-state index in [4.69, 9.17) is 11.6 Å². The monoisotopic (exact) mass is 393 g/mol. The highest BCUT2D eigenvalue weighted by Gasteiger charge is 2.20. The first-order valence-corrected chi connectivity index (χ1v) is 10.4. The van der Waals surface area contributed by atoms with E-state index in [1.807, 2.05) is 12.1 Å². The van der Waals surface area contributed by atoms with Crippen LogP contribution in [0.5, 0.6) is 0 Å². The second-order valence-corrected chi connectivity index (χ2v) is 8.62. The number of aromatic carboxylic acids is 1. The Morgan fingerprint density at radius 1 is 1.04 bits per heavy atom. The number of hydrogen-bond acceptors (Lipinski definition) is 3. The van der Waals surface area contributed by atoms with Crippen LogP contribution in [0, 0.1) is 0 Å². The van der Waals surface area contributed by atoms with Gasteiger partial charge in [-0.2, -0.15) is 0 Å². The third-order valence-corrected chi connectivity index (χ3v) is 6.34. The molecule has 1 aliphatic carbocycles. The van der Waals surface area contributed by atoms with Crippen molar-refractivity contribution in [3.05, 3.63) is 58.6 Å². The fraction of sp³-hybridized carbons (Fsp3) is 0.316. The van der Waals surface area contributed by atoms with Crippen LogP contribution >= 0.6 is 11.6 Å². The summed E-state index contributed by atoms with van der Waals surface area (Å²) in [5, 5.41) is 9.47. The molecule has 2 N–H and O–H groups in total. The van der Waals surface area contributed by atoms with Gasteiger partial charge in [0.05, 0.1) is 16.1 Å². The molecule has 1 saturated carbocycles. The fourth-order valence-electron chi connectivity index (χ4n) is 3.34. The zero-order chi connectivity index (χ0) is 18.7. The molecular weight excluding hydrogens is 374 g/mol. The van der Waals surface area contributed by atoms with Crippen molar-refractivity contribution < 1.29 is 18.3 Å². The van der Waals surface area contributed by atoms with Gasteiger partial charge in [-0.05, 0) is 54.7 Å². The molecule has 138 valence electrons. The van der Waals surface area contributed by atoms with Gasteiger partial charge >= 0.3 is 5.97 Å². The van der Waals surface area contributed by atoms with Gasteiger partial charge in [-0.1, -0.05) is 43.0 Å². The second kappa shape index (κ2) is 7.68. The van der Waals surface area contributed by atoms with E-state index < -0.39 is 16.0 Å². The van der Waals surface area contributed by atoms with Gasteiger partial charge in [0, 0.05) is 5.02 Å². The quantitative estimate of drug-likeness (QED) is 0.757. The van der Waals surface area contributed by atoms with Crippen molar-refractivity contribution in [1.82, 2.24) is 0 Å². The van der Waals surface area contributed by atoms with Crippen LogP contribution in [0.4, 0.5) is 5.69 Å². The van der Waals surface area contributed by atoms with E-state index in [1.54, 1.807) is 12.1 Å². The molecule has 7 heteroatoms. The Morgan fingerprint density at radius 2 is 1.69 bits per heavy atom. The van der Waals surface area contributed by atoms with Crippen molar-refractivity contribution in [2.45, 2.75) is 42.9 Å². The van der Waals surface area contributed by atoms with Gasteiger partial charge in [-0.3, -0.25) is 4.72 Å². The molecule has 3 rings (SSSR count). The van der Waals surface area contributed by atoms with Crippen LogP contribution in [-0.4, -0.2) is 19.5 Å². The van der Waals surface area contributed by atoms with E-state index >= 15 is 0 Å². The van der Waals surface area contributed by atoms with Crippen molar-refractivity contribution in [3.63, 3.8) is 0 Å². The number of hydrogen-bond donors (Lipinski definition) is 2. The van der Waals surface area contributed by atoms with Crippen molar-refractivity contribution in [1.29, 1.82) is 0 Å². The molecule has 0 atom stereocenters. The number of sulfonamides is 1. The lowest BCUT2D eigenvalue weighted by Gasteiger charge is -2.22. The minimum Gasteiger partial charge on any atom is -0.478 e. The number of carboxylic acid groups (broad SMARTS) is 1. The van der Waals surface area contributed by atoms with Crippen molar-refractivity contribution in [2.75, 3.05) is 4.72 Å². The zero-order valence-corrected chi connectivity index (χ0v) is 15.7. The standard InChI is InChI=1S/C19H20ClNO4S/c20-15-8-11-18(17(12-15)19(22)23)21-26(24,25)16-9-6-14(7-10-16)13-4-2-1-3-5-13/h6-13,21H,1-5H2,(H,22,23). The van der Waals surface area contributed by atoms with E-state index in [2.05, 4.69) is 4.72 Å². The molecule has 2 aromatic rings. The summed E-state index contributed by atoms with van der Waals surface area (Å²) in [5.41, 5.74) is 0.944. The van der Waals surface area contributed by atoms with Crippen LogP contribution in [0.1, 0.15) is 53.9 Å². The van der Waals surface area contributed by atoms with Crippen LogP contribution in [0.3, 0.4) is 0 Å². The average molecular weight is 394 g/mol. The molecule has 0 unspecified atom stereocenters. The van der Waals surface area contributed by atoms with Crippen LogP contribution in [0.25, 0.3) is 0 Å². The van der Waals surface area contributed by atoms with E-state index in [0.717, 1.165) is 18.4 Å². The predicted molar refractivity (Wildman–Crippen MR) is 101 cm³/mol. The first kappa shape index (κ1) is 18.7. The molecule has 1 aliphatic rings. The van der Waals surface area contributed by atoms with Gasteiger partial charge in [0.2, 0.25) is 0 Å². The van der Waals surface area contributed by atoms with Gasteiger partial charge in [-0.15, -0.1) is 0 Å². The van der Waals surface area contributed by atoms with Crippen LogP contribution in [-0.2, 0) is 10.0 Å². The molecule has 0 spiro atoms. The van der Waals surface area contributed by atoms with Gasteiger partial charge in [0.25, 0.3) is 10.0 Å². The van der Waals surface area contributed by atoms with E-state index in [-0.39, 0.29) is 21.2 Å². The summed E-state index contributed by atoms with van der Waals surface area (Å²) in [5.74, 6) is -0.763. The van der Waals surface area contributed by atoms with Crippen LogP contribution in [0.15, 0.2) is 47.4 Å². The smallest absolute Gasteiger partial charge is 0.337 e. The number of carbonyl (C=O) groups is 1. The van der Waals surface area contributed by atoms with Crippen LogP contribution < -0.4 is 4.72 Å². The molecule has 26 heavy (non-hydrogen) atoms. The lowest BCUT2D eigenvalue weighted by molar-refractivity contribution is 0.0698. The molecule has 0 aromatic heterocycles. The highest BCUT2D eigenvalue weighted by Crippen LogP contribution is 2.33. The summed E-state index contributed by atoms with van der Waals surface area (Å²) in [6, 6.07) is 10.9. The number of halogens is 1. The van der Waals surface area contributed by atoms with Crippen molar-refractivity contribution >= 4 is 33.3 Å². The molecule has 2 aromatic carbocycles. The molecule has 0 saturated heterocycles. The molecule has 0 bridgehead atoms. The third-order valence-electron chi connectivity index (χ3n) is 4.72. The highest BCUT2D eigenvalue weighted by atomic mass is 35.5. The molecular formula is C19H20ClNO4S. The van der Waals surface area contributed by atoms with Gasteiger partial charge in [-0.25, -0.2) is 13.2 Å². The predicted octanol–water partition coefficient (Wildman–Crippen LogP) is 4.89. The number of rotatable bonds is 5. The maximum absolute atomic E-state index is 12.6. The number of anilines is 1. The largest absolute Gasteiger partial charge is 0.478 e. The normalized spacial score (nSPS) is 15.6. The maximum atomic E-state index is 12.6. The zero-order valence-electron chi connectivity index (χ0n) is 14.1. The first-order valence-electron chi connectivity index (χ1n) is 8.52. The topological polar surface area (TPSA) is 83.5 Å². The van der Waals surface area contributed by atoms with E-state index in [0.29, 0.717) is 5.92 Å². The number of benzene rings is 2.